The predicted molar refractivity (Wildman–Crippen MR) is 58.0 cm³/mol. The van der Waals surface area contributed by atoms with Gasteiger partial charge >= 0.3 is 0 Å². The molecular formula is C10H17NOS. The van der Waals surface area contributed by atoms with Gasteiger partial charge in [0.15, 0.2) is 0 Å². The first kappa shape index (κ1) is 10.6. The molecule has 0 spiro atoms. The van der Waals surface area contributed by atoms with E-state index in [1.165, 1.54) is 0 Å². The molecule has 0 aliphatic heterocycles. The standard InChI is InChI=1S/C10H17NOS/c1-8(2)6-11-9(12)5-10(7-13)3-4-10/h13H,1,3-7H2,2H3,(H,11,12). The van der Waals surface area contributed by atoms with Crippen molar-refractivity contribution in [3.05, 3.63) is 12.2 Å². The summed E-state index contributed by atoms with van der Waals surface area (Å²) in [5, 5.41) is 2.84. The second kappa shape index (κ2) is 4.18. The van der Waals surface area contributed by atoms with Crippen LogP contribution in [0.15, 0.2) is 12.2 Å². The normalized spacial score (nSPS) is 18.0. The van der Waals surface area contributed by atoms with E-state index in [0.717, 1.165) is 24.2 Å². The number of hydrogen-bond acceptors (Lipinski definition) is 2. The Hall–Kier alpha value is -0.440. The van der Waals surface area contributed by atoms with Gasteiger partial charge in [-0.15, -0.1) is 0 Å². The van der Waals surface area contributed by atoms with Crippen LogP contribution in [0.5, 0.6) is 0 Å². The molecule has 1 aliphatic rings. The van der Waals surface area contributed by atoms with Gasteiger partial charge in [-0.3, -0.25) is 4.79 Å². The van der Waals surface area contributed by atoms with Crippen LogP contribution in [0.1, 0.15) is 26.2 Å². The monoisotopic (exact) mass is 199 g/mol. The Morgan fingerprint density at radius 1 is 1.62 bits per heavy atom. The highest BCUT2D eigenvalue weighted by molar-refractivity contribution is 7.80. The van der Waals surface area contributed by atoms with Crippen LogP contribution in [0, 0.1) is 5.41 Å². The smallest absolute Gasteiger partial charge is 0.220 e. The maximum absolute atomic E-state index is 11.4. The highest BCUT2D eigenvalue weighted by atomic mass is 32.1. The number of hydrogen-bond donors (Lipinski definition) is 2. The van der Waals surface area contributed by atoms with E-state index in [4.69, 9.17) is 0 Å². The molecule has 13 heavy (non-hydrogen) atoms. The average Bonchev–Trinajstić information content (AvgIpc) is 2.82. The second-order valence-electron chi connectivity index (χ2n) is 4.07. The Balaban J connectivity index is 2.21. The highest BCUT2D eigenvalue weighted by Crippen LogP contribution is 2.49. The minimum absolute atomic E-state index is 0.134. The first-order valence-corrected chi connectivity index (χ1v) is 5.23. The molecule has 2 nitrogen and oxygen atoms in total. The van der Waals surface area contributed by atoms with E-state index in [1.807, 2.05) is 6.92 Å². The molecule has 0 aromatic carbocycles. The van der Waals surface area contributed by atoms with E-state index in [1.54, 1.807) is 0 Å². The van der Waals surface area contributed by atoms with Gasteiger partial charge in [0.1, 0.15) is 0 Å². The molecule has 0 atom stereocenters. The summed E-state index contributed by atoms with van der Waals surface area (Å²) in [4.78, 5) is 11.4. The van der Waals surface area contributed by atoms with Crippen LogP contribution in [-0.2, 0) is 4.79 Å². The zero-order valence-corrected chi connectivity index (χ0v) is 8.99. The Kier molecular flexibility index (Phi) is 3.42. The predicted octanol–water partition coefficient (Wildman–Crippen LogP) is 1.78. The lowest BCUT2D eigenvalue weighted by Crippen LogP contribution is -2.27. The first-order valence-electron chi connectivity index (χ1n) is 4.60. The number of carbonyl (C=O) groups is 1. The molecular weight excluding hydrogens is 182 g/mol. The van der Waals surface area contributed by atoms with Crippen molar-refractivity contribution in [3.8, 4) is 0 Å². The van der Waals surface area contributed by atoms with Gasteiger partial charge in [0.2, 0.25) is 5.91 Å². The lowest BCUT2D eigenvalue weighted by molar-refractivity contribution is -0.121. The van der Waals surface area contributed by atoms with Crippen molar-refractivity contribution in [2.24, 2.45) is 5.41 Å². The molecule has 0 unspecified atom stereocenters. The third-order valence-electron chi connectivity index (χ3n) is 2.42. The minimum atomic E-state index is 0.134. The van der Waals surface area contributed by atoms with Gasteiger partial charge in [-0.1, -0.05) is 12.2 Å². The molecule has 1 amide bonds. The highest BCUT2D eigenvalue weighted by Gasteiger charge is 2.42. The van der Waals surface area contributed by atoms with Crippen molar-refractivity contribution >= 4 is 18.5 Å². The minimum Gasteiger partial charge on any atom is -0.352 e. The van der Waals surface area contributed by atoms with Crippen LogP contribution in [-0.4, -0.2) is 18.2 Å². The lowest BCUT2D eigenvalue weighted by Gasteiger charge is -2.11. The quantitative estimate of drug-likeness (QED) is 0.513. The molecule has 74 valence electrons. The van der Waals surface area contributed by atoms with Crippen LogP contribution in [0.3, 0.4) is 0 Å². The molecule has 0 bridgehead atoms. The topological polar surface area (TPSA) is 29.1 Å². The largest absolute Gasteiger partial charge is 0.352 e. The second-order valence-corrected chi connectivity index (χ2v) is 4.38. The summed E-state index contributed by atoms with van der Waals surface area (Å²) < 4.78 is 0. The molecule has 1 fully saturated rings. The van der Waals surface area contributed by atoms with Crippen LogP contribution in [0.2, 0.25) is 0 Å². The van der Waals surface area contributed by atoms with Crippen molar-refractivity contribution in [1.29, 1.82) is 0 Å². The van der Waals surface area contributed by atoms with Crippen LogP contribution in [0.25, 0.3) is 0 Å². The Labute approximate surface area is 85.2 Å². The summed E-state index contributed by atoms with van der Waals surface area (Å²) in [6.45, 7) is 6.24. The maximum atomic E-state index is 11.4. The molecule has 1 saturated carbocycles. The Morgan fingerprint density at radius 3 is 2.62 bits per heavy atom. The third kappa shape index (κ3) is 3.43. The van der Waals surface area contributed by atoms with Crippen LogP contribution < -0.4 is 5.32 Å². The molecule has 0 aromatic heterocycles. The number of rotatable bonds is 5. The number of nitrogens with one attached hydrogen (secondary N) is 1. The molecule has 1 N–H and O–H groups in total. The molecule has 0 heterocycles. The SMILES string of the molecule is C=C(C)CNC(=O)CC1(CS)CC1. The Morgan fingerprint density at radius 2 is 2.23 bits per heavy atom. The van der Waals surface area contributed by atoms with Crippen molar-refractivity contribution in [2.45, 2.75) is 26.2 Å². The first-order chi connectivity index (χ1) is 6.08. The van der Waals surface area contributed by atoms with E-state index in [2.05, 4.69) is 24.5 Å². The van der Waals surface area contributed by atoms with E-state index >= 15 is 0 Å². The number of thiol groups is 1. The van der Waals surface area contributed by atoms with Crippen molar-refractivity contribution in [2.75, 3.05) is 12.3 Å². The lowest BCUT2D eigenvalue weighted by atomic mass is 10.1. The third-order valence-corrected chi connectivity index (χ3v) is 3.09. The zero-order valence-electron chi connectivity index (χ0n) is 8.10. The van der Waals surface area contributed by atoms with Crippen molar-refractivity contribution in [1.82, 2.24) is 5.32 Å². The molecule has 0 aromatic rings. The fraction of sp³-hybridized carbons (Fsp3) is 0.700. The van der Waals surface area contributed by atoms with Gasteiger partial charge < -0.3 is 5.32 Å². The average molecular weight is 199 g/mol. The summed E-state index contributed by atoms with van der Waals surface area (Å²) in [5.41, 5.74) is 1.21. The maximum Gasteiger partial charge on any atom is 0.220 e. The van der Waals surface area contributed by atoms with E-state index in [9.17, 15) is 4.79 Å². The van der Waals surface area contributed by atoms with Gasteiger partial charge in [-0.2, -0.15) is 12.6 Å². The van der Waals surface area contributed by atoms with E-state index in [0.29, 0.717) is 13.0 Å². The van der Waals surface area contributed by atoms with Crippen molar-refractivity contribution < 1.29 is 4.79 Å². The van der Waals surface area contributed by atoms with Crippen molar-refractivity contribution in [3.63, 3.8) is 0 Å². The molecule has 3 heteroatoms. The molecule has 1 rings (SSSR count). The van der Waals surface area contributed by atoms with Gasteiger partial charge in [0.05, 0.1) is 0 Å². The van der Waals surface area contributed by atoms with Gasteiger partial charge in [0.25, 0.3) is 0 Å². The fourth-order valence-corrected chi connectivity index (χ4v) is 1.65. The number of carbonyl (C=O) groups excluding carboxylic acids is 1. The summed E-state index contributed by atoms with van der Waals surface area (Å²) in [6, 6.07) is 0. The van der Waals surface area contributed by atoms with E-state index < -0.39 is 0 Å². The number of amides is 1. The van der Waals surface area contributed by atoms with Crippen LogP contribution >= 0.6 is 12.6 Å². The zero-order chi connectivity index (χ0) is 9.90. The molecule has 0 saturated heterocycles. The summed E-state index contributed by atoms with van der Waals surface area (Å²) in [6.07, 6.45) is 2.93. The Bertz CT molecular complexity index is 221. The molecule has 0 radical (unpaired) electrons. The van der Waals surface area contributed by atoms with Gasteiger partial charge in [0, 0.05) is 13.0 Å². The van der Waals surface area contributed by atoms with E-state index in [-0.39, 0.29) is 11.3 Å². The van der Waals surface area contributed by atoms with Crippen LogP contribution in [0.4, 0.5) is 0 Å². The summed E-state index contributed by atoms with van der Waals surface area (Å²) in [5.74, 6) is 0.961. The molecule has 1 aliphatic carbocycles. The summed E-state index contributed by atoms with van der Waals surface area (Å²) >= 11 is 4.25. The fourth-order valence-electron chi connectivity index (χ4n) is 1.22. The van der Waals surface area contributed by atoms with Gasteiger partial charge in [-0.05, 0) is 30.9 Å². The summed E-state index contributed by atoms with van der Waals surface area (Å²) in [7, 11) is 0. The van der Waals surface area contributed by atoms with Gasteiger partial charge in [-0.25, -0.2) is 0 Å².